The van der Waals surface area contributed by atoms with Crippen molar-refractivity contribution in [1.29, 1.82) is 0 Å². The molecule has 1 N–H and O–H groups in total. The van der Waals surface area contributed by atoms with Crippen LogP contribution in [0.2, 0.25) is 0 Å². The molecule has 0 amide bonds. The van der Waals surface area contributed by atoms with Crippen molar-refractivity contribution in [3.05, 3.63) is 24.8 Å². The fourth-order valence-electron chi connectivity index (χ4n) is 1.61. The van der Waals surface area contributed by atoms with E-state index < -0.39 is 0 Å². The smallest absolute Gasteiger partial charge is 0.169 e. The molecule has 2 aromatic heterocycles. The molecule has 3 heterocycles. The molecule has 0 bridgehead atoms. The molecule has 1 aliphatic rings. The second-order valence-corrected chi connectivity index (χ2v) is 4.40. The van der Waals surface area contributed by atoms with Crippen LogP contribution in [0.25, 0.3) is 5.65 Å². The lowest BCUT2D eigenvalue weighted by Crippen LogP contribution is -2.20. The Labute approximate surface area is 97.0 Å². The molecule has 6 heteroatoms. The number of nitrogens with zero attached hydrogens (tertiary/aromatic N) is 4. The SMILES string of the molecule is c1cn2ccnc2c(SCC2=NCCN2)n1. The number of amidine groups is 1. The molecular formula is C10H11N5S. The Morgan fingerprint density at radius 2 is 2.19 bits per heavy atom. The summed E-state index contributed by atoms with van der Waals surface area (Å²) in [5.74, 6) is 1.89. The van der Waals surface area contributed by atoms with Gasteiger partial charge in [0.25, 0.3) is 0 Å². The molecule has 82 valence electrons. The lowest BCUT2D eigenvalue weighted by molar-refractivity contribution is 0.959. The van der Waals surface area contributed by atoms with Crippen LogP contribution < -0.4 is 5.32 Å². The molecule has 0 saturated heterocycles. The molecule has 0 aliphatic carbocycles. The molecule has 2 aromatic rings. The van der Waals surface area contributed by atoms with Crippen LogP contribution in [0.3, 0.4) is 0 Å². The molecular weight excluding hydrogens is 222 g/mol. The van der Waals surface area contributed by atoms with Crippen molar-refractivity contribution < 1.29 is 0 Å². The predicted octanol–water partition coefficient (Wildman–Crippen LogP) is 0.823. The van der Waals surface area contributed by atoms with E-state index in [1.54, 1.807) is 24.2 Å². The first-order valence-corrected chi connectivity index (χ1v) is 6.10. The normalized spacial score (nSPS) is 15.1. The highest BCUT2D eigenvalue weighted by atomic mass is 32.2. The molecule has 3 rings (SSSR count). The van der Waals surface area contributed by atoms with E-state index in [0.717, 1.165) is 35.4 Å². The van der Waals surface area contributed by atoms with Crippen LogP contribution in [-0.4, -0.2) is 39.0 Å². The summed E-state index contributed by atoms with van der Waals surface area (Å²) < 4.78 is 1.97. The van der Waals surface area contributed by atoms with Crippen LogP contribution in [0.5, 0.6) is 0 Å². The minimum atomic E-state index is 0.833. The van der Waals surface area contributed by atoms with Crippen molar-refractivity contribution in [1.82, 2.24) is 19.7 Å². The van der Waals surface area contributed by atoms with Crippen LogP contribution in [0.4, 0.5) is 0 Å². The molecule has 0 fully saturated rings. The maximum atomic E-state index is 4.35. The second-order valence-electron chi connectivity index (χ2n) is 3.43. The predicted molar refractivity (Wildman–Crippen MR) is 64.0 cm³/mol. The van der Waals surface area contributed by atoms with Crippen LogP contribution >= 0.6 is 11.8 Å². The maximum absolute atomic E-state index is 4.35. The highest BCUT2D eigenvalue weighted by Gasteiger charge is 2.09. The van der Waals surface area contributed by atoms with Gasteiger partial charge in [-0.15, -0.1) is 0 Å². The van der Waals surface area contributed by atoms with E-state index in [9.17, 15) is 0 Å². The van der Waals surface area contributed by atoms with Gasteiger partial charge in [-0.1, -0.05) is 11.8 Å². The van der Waals surface area contributed by atoms with Gasteiger partial charge in [-0.2, -0.15) is 0 Å². The van der Waals surface area contributed by atoms with Crippen molar-refractivity contribution >= 4 is 23.2 Å². The van der Waals surface area contributed by atoms with E-state index in [4.69, 9.17) is 0 Å². The third kappa shape index (κ3) is 1.76. The fourth-order valence-corrected chi connectivity index (χ4v) is 2.50. The third-order valence-corrected chi connectivity index (χ3v) is 3.35. The minimum absolute atomic E-state index is 0.833. The zero-order valence-corrected chi connectivity index (χ0v) is 9.44. The van der Waals surface area contributed by atoms with Crippen LogP contribution in [0, 0.1) is 0 Å². The quantitative estimate of drug-likeness (QED) is 0.798. The van der Waals surface area contributed by atoms with Gasteiger partial charge in [0, 0.05) is 31.3 Å². The first-order valence-electron chi connectivity index (χ1n) is 5.11. The molecule has 0 saturated carbocycles. The van der Waals surface area contributed by atoms with Gasteiger partial charge in [0.15, 0.2) is 5.65 Å². The van der Waals surface area contributed by atoms with Gasteiger partial charge in [0.2, 0.25) is 0 Å². The summed E-state index contributed by atoms with van der Waals surface area (Å²) >= 11 is 1.66. The van der Waals surface area contributed by atoms with Gasteiger partial charge in [-0.05, 0) is 0 Å². The summed E-state index contributed by atoms with van der Waals surface area (Å²) in [6, 6.07) is 0. The summed E-state index contributed by atoms with van der Waals surface area (Å²) in [5.41, 5.74) is 0.908. The Morgan fingerprint density at radius 3 is 3.00 bits per heavy atom. The Balaban J connectivity index is 1.80. The molecule has 0 radical (unpaired) electrons. The molecule has 0 aromatic carbocycles. The first-order chi connectivity index (χ1) is 7.93. The van der Waals surface area contributed by atoms with Gasteiger partial charge in [0.1, 0.15) is 10.9 Å². The van der Waals surface area contributed by atoms with Crippen LogP contribution in [-0.2, 0) is 0 Å². The minimum Gasteiger partial charge on any atom is -0.371 e. The highest BCUT2D eigenvalue weighted by molar-refractivity contribution is 8.00. The average Bonchev–Trinajstić information content (AvgIpc) is 2.97. The summed E-state index contributed by atoms with van der Waals surface area (Å²) in [6.45, 7) is 1.84. The van der Waals surface area contributed by atoms with Gasteiger partial charge < -0.3 is 9.72 Å². The number of nitrogens with one attached hydrogen (secondary N) is 1. The van der Waals surface area contributed by atoms with Crippen molar-refractivity contribution in [3.8, 4) is 0 Å². The number of thioether (sulfide) groups is 1. The highest BCUT2D eigenvalue weighted by Crippen LogP contribution is 2.19. The zero-order valence-electron chi connectivity index (χ0n) is 8.63. The van der Waals surface area contributed by atoms with Crippen molar-refractivity contribution in [2.24, 2.45) is 4.99 Å². The van der Waals surface area contributed by atoms with Crippen molar-refractivity contribution in [2.75, 3.05) is 18.8 Å². The van der Waals surface area contributed by atoms with Crippen molar-refractivity contribution in [3.63, 3.8) is 0 Å². The fraction of sp³-hybridized carbons (Fsp3) is 0.300. The number of imidazole rings is 1. The molecule has 16 heavy (non-hydrogen) atoms. The number of fused-ring (bicyclic) bond motifs is 1. The van der Waals surface area contributed by atoms with E-state index in [1.807, 2.05) is 16.8 Å². The summed E-state index contributed by atoms with van der Waals surface area (Å²) in [7, 11) is 0. The Bertz CT molecular complexity index is 533. The lowest BCUT2D eigenvalue weighted by atomic mass is 10.7. The van der Waals surface area contributed by atoms with Crippen LogP contribution in [0.15, 0.2) is 34.8 Å². The van der Waals surface area contributed by atoms with E-state index in [2.05, 4.69) is 20.3 Å². The summed E-state index contributed by atoms with van der Waals surface area (Å²) in [5, 5.41) is 4.19. The lowest BCUT2D eigenvalue weighted by Gasteiger charge is -2.03. The van der Waals surface area contributed by atoms with Gasteiger partial charge >= 0.3 is 0 Å². The molecule has 0 unspecified atom stereocenters. The first kappa shape index (κ1) is 9.65. The van der Waals surface area contributed by atoms with Crippen molar-refractivity contribution in [2.45, 2.75) is 5.03 Å². The Morgan fingerprint density at radius 1 is 1.31 bits per heavy atom. The van der Waals surface area contributed by atoms with E-state index in [0.29, 0.717) is 0 Å². The largest absolute Gasteiger partial charge is 0.371 e. The van der Waals surface area contributed by atoms with Gasteiger partial charge in [0.05, 0.1) is 12.3 Å². The topological polar surface area (TPSA) is 54.6 Å². The summed E-state index contributed by atoms with van der Waals surface area (Å²) in [6.07, 6.45) is 7.40. The Kier molecular flexibility index (Phi) is 2.49. The number of aliphatic imine (C=N–C) groups is 1. The monoisotopic (exact) mass is 233 g/mol. The number of hydrogen-bond donors (Lipinski definition) is 1. The standard InChI is InChI=1S/C10H11N5S/c1-2-12-8(11-1)7-16-10-9-13-3-5-15(9)6-4-14-10/h3-6H,1-2,7H2,(H,11,12). The molecule has 5 nitrogen and oxygen atoms in total. The second kappa shape index (κ2) is 4.13. The zero-order chi connectivity index (χ0) is 10.8. The number of rotatable bonds is 3. The average molecular weight is 233 g/mol. The Hall–Kier alpha value is -1.56. The molecule has 0 spiro atoms. The number of hydrogen-bond acceptors (Lipinski definition) is 5. The summed E-state index contributed by atoms with van der Waals surface area (Å²) in [4.78, 5) is 13.0. The van der Waals surface area contributed by atoms with Gasteiger partial charge in [-0.25, -0.2) is 9.97 Å². The maximum Gasteiger partial charge on any atom is 0.169 e. The van der Waals surface area contributed by atoms with E-state index in [1.165, 1.54) is 0 Å². The van der Waals surface area contributed by atoms with E-state index >= 15 is 0 Å². The van der Waals surface area contributed by atoms with Gasteiger partial charge in [-0.3, -0.25) is 4.99 Å². The number of aromatic nitrogens is 3. The van der Waals surface area contributed by atoms with Crippen LogP contribution in [0.1, 0.15) is 0 Å². The third-order valence-electron chi connectivity index (χ3n) is 2.37. The molecule has 1 aliphatic heterocycles. The molecule has 0 atom stereocenters. The van der Waals surface area contributed by atoms with E-state index in [-0.39, 0.29) is 0 Å².